The Bertz CT molecular complexity index is 1350. The van der Waals surface area contributed by atoms with Gasteiger partial charge in [-0.1, -0.05) is 59.7 Å². The summed E-state index contributed by atoms with van der Waals surface area (Å²) in [7, 11) is 1.23. The molecule has 206 valence electrons. The number of ether oxygens (including phenoxy) is 5. The van der Waals surface area contributed by atoms with Gasteiger partial charge in [0.2, 0.25) is 0 Å². The molecule has 0 aliphatic carbocycles. The van der Waals surface area contributed by atoms with Crippen molar-refractivity contribution in [2.45, 2.75) is 36.9 Å². The Morgan fingerprint density at radius 2 is 1.15 bits per heavy atom. The fourth-order valence-corrected chi connectivity index (χ4v) is 4.08. The summed E-state index contributed by atoms with van der Waals surface area (Å²) >= 11 is 0. The van der Waals surface area contributed by atoms with Crippen LogP contribution in [0.4, 0.5) is 0 Å². The van der Waals surface area contributed by atoms with Crippen LogP contribution in [0, 0.1) is 0 Å². The predicted molar refractivity (Wildman–Crippen MR) is 138 cm³/mol. The monoisotopic (exact) mass is 547 g/mol. The molecular weight excluding hydrogens is 522 g/mol. The molecule has 1 heterocycles. The van der Waals surface area contributed by atoms with E-state index in [0.29, 0.717) is 0 Å². The zero-order chi connectivity index (χ0) is 28.5. The standard InChI is InChI=1S/C28H25N3O9/c1-36-28-23(39-27(35)19-15-9-4-10-16-19)21(38-26(34)18-13-7-3-8-14-18)20(22(40-28)24(32)30-31-29)37-25(33)17-11-5-2-6-12-17/h2-16,20-24,28,32H,1H3/t20-,21-,22-,23+,24?,28?/m0/s1. The van der Waals surface area contributed by atoms with Gasteiger partial charge >= 0.3 is 17.9 Å². The Morgan fingerprint density at radius 3 is 1.55 bits per heavy atom. The van der Waals surface area contributed by atoms with E-state index in [9.17, 15) is 19.5 Å². The second kappa shape index (κ2) is 13.4. The second-order valence-corrected chi connectivity index (χ2v) is 8.53. The molecule has 0 radical (unpaired) electrons. The maximum absolute atomic E-state index is 13.2. The molecule has 3 aromatic carbocycles. The molecule has 1 aliphatic rings. The van der Waals surface area contributed by atoms with Crippen molar-refractivity contribution < 1.29 is 43.2 Å². The first-order valence-electron chi connectivity index (χ1n) is 12.1. The molecule has 4 rings (SSSR count). The number of azide groups is 1. The van der Waals surface area contributed by atoms with Crippen LogP contribution < -0.4 is 0 Å². The minimum atomic E-state index is -1.90. The molecule has 3 aromatic rings. The van der Waals surface area contributed by atoms with Crippen LogP contribution in [0.3, 0.4) is 0 Å². The van der Waals surface area contributed by atoms with Gasteiger partial charge in [0.05, 0.1) is 16.7 Å². The first-order chi connectivity index (χ1) is 19.4. The van der Waals surface area contributed by atoms with E-state index in [2.05, 4.69) is 10.0 Å². The van der Waals surface area contributed by atoms with Gasteiger partial charge < -0.3 is 28.8 Å². The van der Waals surface area contributed by atoms with E-state index in [-0.39, 0.29) is 16.7 Å². The minimum Gasteiger partial charge on any atom is -0.452 e. The Kier molecular flexibility index (Phi) is 9.44. The average Bonchev–Trinajstić information content (AvgIpc) is 3.00. The van der Waals surface area contributed by atoms with Crippen LogP contribution in [0.5, 0.6) is 0 Å². The molecule has 0 saturated carbocycles. The predicted octanol–water partition coefficient (Wildman–Crippen LogP) is 3.66. The third-order valence-electron chi connectivity index (χ3n) is 5.98. The number of benzene rings is 3. The van der Waals surface area contributed by atoms with Crippen molar-refractivity contribution >= 4 is 17.9 Å². The molecule has 6 atom stereocenters. The van der Waals surface area contributed by atoms with E-state index >= 15 is 0 Å². The molecule has 0 spiro atoms. The number of esters is 3. The molecule has 1 fully saturated rings. The lowest BCUT2D eigenvalue weighted by molar-refractivity contribution is -0.300. The highest BCUT2D eigenvalue weighted by molar-refractivity contribution is 5.91. The van der Waals surface area contributed by atoms with Crippen molar-refractivity contribution in [3.05, 3.63) is 118 Å². The Balaban J connectivity index is 1.76. The van der Waals surface area contributed by atoms with Gasteiger partial charge in [-0.05, 0) is 41.9 Å². The van der Waals surface area contributed by atoms with Crippen LogP contribution in [-0.2, 0) is 23.7 Å². The van der Waals surface area contributed by atoms with Crippen molar-refractivity contribution in [2.75, 3.05) is 7.11 Å². The first kappa shape index (κ1) is 28.3. The van der Waals surface area contributed by atoms with Crippen molar-refractivity contribution in [1.82, 2.24) is 0 Å². The lowest BCUT2D eigenvalue weighted by atomic mass is 9.96. The van der Waals surface area contributed by atoms with Gasteiger partial charge in [0, 0.05) is 12.0 Å². The summed E-state index contributed by atoms with van der Waals surface area (Å²) < 4.78 is 28.3. The summed E-state index contributed by atoms with van der Waals surface area (Å²) in [6, 6.07) is 23.8. The fourth-order valence-electron chi connectivity index (χ4n) is 4.08. The molecular formula is C28H25N3O9. The number of carbonyl (C=O) groups is 3. The summed E-state index contributed by atoms with van der Waals surface area (Å²) in [6.45, 7) is 0. The van der Waals surface area contributed by atoms with E-state index in [0.717, 1.165) is 0 Å². The molecule has 40 heavy (non-hydrogen) atoms. The number of methoxy groups -OCH3 is 1. The van der Waals surface area contributed by atoms with Crippen molar-refractivity contribution in [3.63, 3.8) is 0 Å². The topological polar surface area (TPSA) is 166 Å². The van der Waals surface area contributed by atoms with Crippen LogP contribution >= 0.6 is 0 Å². The highest BCUT2D eigenvalue weighted by Gasteiger charge is 2.54. The second-order valence-electron chi connectivity index (χ2n) is 8.53. The van der Waals surface area contributed by atoms with Crippen molar-refractivity contribution in [2.24, 2.45) is 5.11 Å². The smallest absolute Gasteiger partial charge is 0.338 e. The summed E-state index contributed by atoms with van der Waals surface area (Å²) in [6.07, 6.45) is -9.57. The molecule has 1 aliphatic heterocycles. The van der Waals surface area contributed by atoms with Gasteiger partial charge in [-0.2, -0.15) is 0 Å². The number of nitrogens with zero attached hydrogens (tertiary/aromatic N) is 3. The van der Waals surface area contributed by atoms with E-state index in [1.54, 1.807) is 54.6 Å². The summed E-state index contributed by atoms with van der Waals surface area (Å²) in [5.41, 5.74) is 9.41. The van der Waals surface area contributed by atoms with Crippen LogP contribution in [0.15, 0.2) is 96.1 Å². The van der Waals surface area contributed by atoms with Gasteiger partial charge in [-0.3, -0.25) is 0 Å². The minimum absolute atomic E-state index is 0.138. The quantitative estimate of drug-likeness (QED) is 0.138. The van der Waals surface area contributed by atoms with Crippen LogP contribution in [0.1, 0.15) is 31.1 Å². The lowest BCUT2D eigenvalue weighted by Gasteiger charge is -2.44. The molecule has 1 N–H and O–H groups in total. The summed E-state index contributed by atoms with van der Waals surface area (Å²) in [5.74, 6) is -2.52. The fraction of sp³-hybridized carbons (Fsp3) is 0.250. The maximum atomic E-state index is 13.2. The molecule has 12 heteroatoms. The Morgan fingerprint density at radius 1 is 0.750 bits per heavy atom. The zero-order valence-corrected chi connectivity index (χ0v) is 21.2. The van der Waals surface area contributed by atoms with E-state index in [1.165, 1.54) is 43.5 Å². The largest absolute Gasteiger partial charge is 0.452 e. The van der Waals surface area contributed by atoms with Gasteiger partial charge in [0.1, 0.15) is 6.10 Å². The van der Waals surface area contributed by atoms with Crippen molar-refractivity contribution in [3.8, 4) is 0 Å². The Labute approximate surface area is 228 Å². The van der Waals surface area contributed by atoms with E-state index < -0.39 is 54.8 Å². The van der Waals surface area contributed by atoms with Crippen LogP contribution in [-0.4, -0.2) is 67.1 Å². The maximum Gasteiger partial charge on any atom is 0.338 e. The third-order valence-corrected chi connectivity index (χ3v) is 5.98. The molecule has 12 nitrogen and oxygen atoms in total. The van der Waals surface area contributed by atoms with Crippen molar-refractivity contribution in [1.29, 1.82) is 0 Å². The Hall–Kier alpha value is -4.74. The van der Waals surface area contributed by atoms with E-state index in [1.807, 2.05) is 0 Å². The van der Waals surface area contributed by atoms with Gasteiger partial charge in [0.25, 0.3) is 0 Å². The average molecular weight is 548 g/mol. The number of aliphatic hydroxyl groups is 1. The molecule has 0 aromatic heterocycles. The van der Waals surface area contributed by atoms with Gasteiger partial charge in [-0.15, -0.1) is 0 Å². The number of rotatable bonds is 9. The number of hydrogen-bond acceptors (Lipinski definition) is 10. The third kappa shape index (κ3) is 6.63. The SMILES string of the molecule is COC1O[C@H](C(O)N=[N+]=[N-])[C@@H](OC(=O)c2ccccc2)[C@H](OC(=O)c2ccccc2)[C@H]1OC(=O)c1ccccc1. The van der Waals surface area contributed by atoms with E-state index in [4.69, 9.17) is 29.2 Å². The van der Waals surface area contributed by atoms with Crippen LogP contribution in [0.25, 0.3) is 10.4 Å². The number of aliphatic hydroxyl groups excluding tert-OH is 1. The summed E-state index contributed by atoms with van der Waals surface area (Å²) in [4.78, 5) is 41.9. The van der Waals surface area contributed by atoms with Gasteiger partial charge in [0.15, 0.2) is 30.8 Å². The summed E-state index contributed by atoms with van der Waals surface area (Å²) in [5, 5.41) is 13.9. The normalized spacial score (nSPS) is 22.7. The zero-order valence-electron chi connectivity index (χ0n) is 21.2. The molecule has 0 bridgehead atoms. The highest BCUT2D eigenvalue weighted by atomic mass is 16.7. The first-order valence-corrected chi connectivity index (χ1v) is 12.1. The molecule has 2 unspecified atom stereocenters. The van der Waals surface area contributed by atoms with Gasteiger partial charge in [-0.25, -0.2) is 14.4 Å². The van der Waals surface area contributed by atoms with Crippen LogP contribution in [0.2, 0.25) is 0 Å². The molecule has 1 saturated heterocycles. The molecule has 0 amide bonds. The highest BCUT2D eigenvalue weighted by Crippen LogP contribution is 2.32. The number of carbonyl (C=O) groups excluding carboxylic acids is 3. The number of hydrogen-bond donors (Lipinski definition) is 1. The lowest BCUT2D eigenvalue weighted by Crippen LogP contribution is -2.64.